The van der Waals surface area contributed by atoms with Crippen molar-refractivity contribution in [2.24, 2.45) is 10.7 Å². The third-order valence-corrected chi connectivity index (χ3v) is 4.73. The van der Waals surface area contributed by atoms with Crippen LogP contribution in [0.4, 0.5) is 5.69 Å². The molecule has 1 aromatic carbocycles. The summed E-state index contributed by atoms with van der Waals surface area (Å²) < 4.78 is 12.5. The van der Waals surface area contributed by atoms with Gasteiger partial charge < -0.3 is 16.0 Å². The third kappa shape index (κ3) is 2.98. The summed E-state index contributed by atoms with van der Waals surface area (Å²) in [6.45, 7) is 3.42. The van der Waals surface area contributed by atoms with Crippen LogP contribution in [0.5, 0.6) is 0 Å². The first-order chi connectivity index (χ1) is 9.88. The van der Waals surface area contributed by atoms with Gasteiger partial charge in [-0.2, -0.15) is 0 Å². The maximum atomic E-state index is 12.5. The summed E-state index contributed by atoms with van der Waals surface area (Å²) in [5.41, 5.74) is 14.3. The molecular weight excluding hydrogens is 283 g/mol. The molecule has 0 fully saturated rings. The first kappa shape index (κ1) is 15.3. The highest BCUT2D eigenvalue weighted by Crippen LogP contribution is 2.40. The van der Waals surface area contributed by atoms with Crippen LogP contribution in [0.25, 0.3) is 16.5 Å². The van der Waals surface area contributed by atoms with Crippen molar-refractivity contribution in [1.29, 1.82) is 0 Å². The number of hydrogen-bond donors (Lipinski definition) is 2. The second-order valence-corrected chi connectivity index (χ2v) is 8.28. The molecule has 2 rings (SSSR count). The maximum Gasteiger partial charge on any atom is 0.112 e. The summed E-state index contributed by atoms with van der Waals surface area (Å²) in [5.74, 6) is 0. The monoisotopic (exact) mass is 302 g/mol. The van der Waals surface area contributed by atoms with Gasteiger partial charge in [-0.3, -0.25) is 4.99 Å². The lowest BCUT2D eigenvalue weighted by Gasteiger charge is -2.14. The molecule has 0 amide bonds. The van der Waals surface area contributed by atoms with Gasteiger partial charge in [0, 0.05) is 41.4 Å². The van der Waals surface area contributed by atoms with Gasteiger partial charge in [0.2, 0.25) is 0 Å². The summed E-state index contributed by atoms with van der Waals surface area (Å²) in [7, 11) is -0.816. The van der Waals surface area contributed by atoms with Gasteiger partial charge >= 0.3 is 0 Å². The van der Waals surface area contributed by atoms with Crippen LogP contribution in [0.15, 0.2) is 35.5 Å². The standard InChI is InChI=1S/C15H19N4OP/c1-18-9-10(8-16)13-6-4-11-14(19-13)7-5-12(17)15(11)21(2,3)20/h4-9H,16-17H2,1-3H3. The van der Waals surface area contributed by atoms with Crippen LogP contribution in [0.3, 0.4) is 0 Å². The minimum Gasteiger partial charge on any atom is -0.404 e. The fourth-order valence-electron chi connectivity index (χ4n) is 2.30. The van der Waals surface area contributed by atoms with E-state index in [4.69, 9.17) is 11.5 Å². The van der Waals surface area contributed by atoms with Crippen LogP contribution >= 0.6 is 7.14 Å². The maximum absolute atomic E-state index is 12.5. The van der Waals surface area contributed by atoms with Crippen molar-refractivity contribution in [2.75, 3.05) is 26.1 Å². The number of anilines is 1. The Morgan fingerprint density at radius 3 is 2.57 bits per heavy atom. The fraction of sp³-hybridized carbons (Fsp3) is 0.200. The molecule has 0 saturated carbocycles. The topological polar surface area (TPSA) is 94.4 Å². The SMILES string of the molecule is CN=CC(=CN)c1ccc2c(P(C)(C)=O)c(N)ccc2n1. The van der Waals surface area contributed by atoms with Gasteiger partial charge in [-0.1, -0.05) is 0 Å². The smallest absolute Gasteiger partial charge is 0.112 e. The summed E-state index contributed by atoms with van der Waals surface area (Å²) in [4.78, 5) is 8.52. The molecule has 0 saturated heterocycles. The number of allylic oxidation sites excluding steroid dienone is 1. The van der Waals surface area contributed by atoms with E-state index in [9.17, 15) is 4.57 Å². The molecular formula is C15H19N4OP. The zero-order valence-electron chi connectivity index (χ0n) is 12.4. The van der Waals surface area contributed by atoms with Crippen molar-refractivity contribution < 1.29 is 4.57 Å². The van der Waals surface area contributed by atoms with E-state index in [2.05, 4.69) is 9.98 Å². The Hall–Kier alpha value is -2.13. The molecule has 0 spiro atoms. The van der Waals surface area contributed by atoms with Crippen LogP contribution in [0.1, 0.15) is 5.69 Å². The molecule has 0 unspecified atom stereocenters. The first-order valence-electron chi connectivity index (χ1n) is 6.47. The van der Waals surface area contributed by atoms with Gasteiger partial charge in [-0.15, -0.1) is 0 Å². The lowest BCUT2D eigenvalue weighted by molar-refractivity contribution is 0.588. The summed E-state index contributed by atoms with van der Waals surface area (Å²) in [5, 5.41) is 1.50. The Labute approximate surface area is 124 Å². The lowest BCUT2D eigenvalue weighted by atomic mass is 10.1. The molecule has 0 bridgehead atoms. The summed E-state index contributed by atoms with van der Waals surface area (Å²) in [6, 6.07) is 7.29. The fourth-order valence-corrected chi connectivity index (χ4v) is 3.77. The van der Waals surface area contributed by atoms with Crippen molar-refractivity contribution in [2.45, 2.75) is 0 Å². The second-order valence-electron chi connectivity index (χ2n) is 5.13. The Balaban J connectivity index is 2.73. The number of hydrogen-bond acceptors (Lipinski definition) is 5. The molecule has 2 aromatic rings. The van der Waals surface area contributed by atoms with Gasteiger partial charge in [0.05, 0.1) is 11.2 Å². The Morgan fingerprint density at radius 1 is 1.29 bits per heavy atom. The van der Waals surface area contributed by atoms with Crippen molar-refractivity contribution >= 4 is 40.8 Å². The molecule has 0 aliphatic carbocycles. The van der Waals surface area contributed by atoms with E-state index >= 15 is 0 Å². The zero-order chi connectivity index (χ0) is 15.6. The van der Waals surface area contributed by atoms with Crippen LogP contribution in [0, 0.1) is 0 Å². The van der Waals surface area contributed by atoms with E-state index in [0.717, 1.165) is 16.5 Å². The molecule has 0 aliphatic heterocycles. The highest BCUT2D eigenvalue weighted by Gasteiger charge is 2.19. The normalized spacial score (nSPS) is 13.2. The van der Waals surface area contributed by atoms with Gasteiger partial charge in [-0.25, -0.2) is 4.98 Å². The van der Waals surface area contributed by atoms with Gasteiger partial charge in [-0.05, 0) is 37.6 Å². The zero-order valence-corrected chi connectivity index (χ0v) is 13.3. The number of nitrogen functional groups attached to an aromatic ring is 1. The van der Waals surface area contributed by atoms with E-state index in [1.807, 2.05) is 18.2 Å². The number of rotatable bonds is 3. The number of aromatic nitrogens is 1. The minimum absolute atomic E-state index is 0.537. The number of aliphatic imine (C=N–C) groups is 1. The molecule has 5 nitrogen and oxygen atoms in total. The summed E-state index contributed by atoms with van der Waals surface area (Å²) in [6.07, 6.45) is 3.11. The van der Waals surface area contributed by atoms with Crippen LogP contribution in [0.2, 0.25) is 0 Å². The Kier molecular flexibility index (Phi) is 4.14. The van der Waals surface area contributed by atoms with Crippen molar-refractivity contribution in [3.8, 4) is 0 Å². The minimum atomic E-state index is -2.49. The van der Waals surface area contributed by atoms with Crippen LogP contribution < -0.4 is 16.8 Å². The molecule has 110 valence electrons. The first-order valence-corrected chi connectivity index (χ1v) is 9.08. The second kappa shape index (κ2) is 5.70. The predicted molar refractivity (Wildman–Crippen MR) is 91.8 cm³/mol. The van der Waals surface area contributed by atoms with E-state index in [-0.39, 0.29) is 0 Å². The van der Waals surface area contributed by atoms with Crippen molar-refractivity contribution in [1.82, 2.24) is 4.98 Å². The van der Waals surface area contributed by atoms with Crippen LogP contribution in [-0.4, -0.2) is 31.6 Å². The summed E-state index contributed by atoms with van der Waals surface area (Å²) >= 11 is 0. The van der Waals surface area contributed by atoms with Gasteiger partial charge in [0.1, 0.15) is 7.14 Å². The molecule has 1 heterocycles. The molecule has 0 radical (unpaired) electrons. The Morgan fingerprint density at radius 2 is 2.00 bits per heavy atom. The van der Waals surface area contributed by atoms with E-state index in [0.29, 0.717) is 16.7 Å². The Bertz CT molecular complexity index is 790. The number of benzene rings is 1. The highest BCUT2D eigenvalue weighted by atomic mass is 31.2. The molecule has 0 atom stereocenters. The number of nitrogens with zero attached hydrogens (tertiary/aromatic N) is 2. The van der Waals surface area contributed by atoms with E-state index < -0.39 is 7.14 Å². The number of nitrogens with two attached hydrogens (primary N) is 2. The van der Waals surface area contributed by atoms with E-state index in [1.165, 1.54) is 6.20 Å². The van der Waals surface area contributed by atoms with Crippen molar-refractivity contribution in [3.63, 3.8) is 0 Å². The van der Waals surface area contributed by atoms with Crippen LogP contribution in [-0.2, 0) is 4.57 Å². The third-order valence-electron chi connectivity index (χ3n) is 3.16. The van der Waals surface area contributed by atoms with Gasteiger partial charge in [0.15, 0.2) is 0 Å². The quantitative estimate of drug-likeness (QED) is 0.515. The predicted octanol–water partition coefficient (Wildman–Crippen LogP) is 2.07. The van der Waals surface area contributed by atoms with E-state index in [1.54, 1.807) is 32.7 Å². The number of fused-ring (bicyclic) bond motifs is 1. The molecule has 21 heavy (non-hydrogen) atoms. The molecule has 4 N–H and O–H groups in total. The number of pyridine rings is 1. The van der Waals surface area contributed by atoms with Crippen molar-refractivity contribution in [3.05, 3.63) is 36.2 Å². The lowest BCUT2D eigenvalue weighted by Crippen LogP contribution is -2.12. The highest BCUT2D eigenvalue weighted by molar-refractivity contribution is 7.71. The molecule has 1 aromatic heterocycles. The molecule has 0 aliphatic rings. The average molecular weight is 302 g/mol. The largest absolute Gasteiger partial charge is 0.404 e. The molecule has 6 heteroatoms. The average Bonchev–Trinajstić information content (AvgIpc) is 2.42. The van der Waals surface area contributed by atoms with Gasteiger partial charge in [0.25, 0.3) is 0 Å².